The topological polar surface area (TPSA) is 100 Å². The molecule has 9 heteroatoms. The number of nitrogen functional groups attached to an aromatic ring is 1. The summed E-state index contributed by atoms with van der Waals surface area (Å²) in [5.41, 5.74) is 5.46. The van der Waals surface area contributed by atoms with Gasteiger partial charge in [0.25, 0.3) is 0 Å². The molecule has 0 spiro atoms. The van der Waals surface area contributed by atoms with Gasteiger partial charge in [-0.3, -0.25) is 0 Å². The number of amides is 1. The summed E-state index contributed by atoms with van der Waals surface area (Å²) in [5, 5.41) is 0. The van der Waals surface area contributed by atoms with Crippen molar-refractivity contribution in [2.24, 2.45) is 0 Å². The van der Waals surface area contributed by atoms with E-state index in [2.05, 4.69) is 0 Å². The molecule has 1 saturated heterocycles. The van der Waals surface area contributed by atoms with Gasteiger partial charge in [-0.2, -0.15) is 0 Å². The lowest BCUT2D eigenvalue weighted by atomic mass is 10.1. The molecule has 1 aliphatic rings. The molecule has 1 aromatic carbocycles. The number of nitrogens with zero attached hydrogens (tertiary/aromatic N) is 1. The summed E-state index contributed by atoms with van der Waals surface area (Å²) in [4.78, 5) is 25.6. The molecule has 1 heterocycles. The van der Waals surface area contributed by atoms with Crippen LogP contribution < -0.4 is 15.2 Å². The number of rotatable bonds is 5. The molecule has 2 rings (SSSR count). The molecule has 156 valence electrons. The average Bonchev–Trinajstić information content (AvgIpc) is 2.62. The molecular weight excluding hydrogens is 371 g/mol. The van der Waals surface area contributed by atoms with Crippen LogP contribution >= 0.6 is 0 Å². The number of hydrogen-bond acceptors (Lipinski definition) is 7. The van der Waals surface area contributed by atoms with E-state index >= 15 is 0 Å². The number of piperidine rings is 1. The van der Waals surface area contributed by atoms with Crippen molar-refractivity contribution < 1.29 is 32.9 Å². The molecule has 1 aromatic rings. The molecule has 2 N–H and O–H groups in total. The minimum Gasteiger partial charge on any atom is -0.486 e. The Balaban J connectivity index is 2.07. The van der Waals surface area contributed by atoms with Gasteiger partial charge in [0.15, 0.2) is 11.5 Å². The number of anilines is 1. The number of carbonyl (C=O) groups is 2. The number of alkyl halides is 1. The van der Waals surface area contributed by atoms with Crippen LogP contribution in [0.4, 0.5) is 14.9 Å². The van der Waals surface area contributed by atoms with E-state index in [1.54, 1.807) is 4.90 Å². The van der Waals surface area contributed by atoms with Crippen molar-refractivity contribution in [3.63, 3.8) is 0 Å². The summed E-state index contributed by atoms with van der Waals surface area (Å²) in [7, 11) is 1.24. The Labute approximate surface area is 163 Å². The fourth-order valence-corrected chi connectivity index (χ4v) is 2.79. The minimum absolute atomic E-state index is 0.0993. The summed E-state index contributed by atoms with van der Waals surface area (Å²) in [6.45, 7) is 5.29. The lowest BCUT2D eigenvalue weighted by molar-refractivity contribution is 0.0122. The van der Waals surface area contributed by atoms with Gasteiger partial charge in [0.2, 0.25) is 6.86 Å². The van der Waals surface area contributed by atoms with Crippen LogP contribution in [-0.2, 0) is 9.47 Å². The van der Waals surface area contributed by atoms with E-state index < -0.39 is 18.4 Å². The van der Waals surface area contributed by atoms with E-state index in [9.17, 15) is 14.0 Å². The van der Waals surface area contributed by atoms with Crippen molar-refractivity contribution in [1.29, 1.82) is 0 Å². The second kappa shape index (κ2) is 8.99. The van der Waals surface area contributed by atoms with Gasteiger partial charge in [0.05, 0.1) is 18.4 Å². The summed E-state index contributed by atoms with van der Waals surface area (Å²) < 4.78 is 33.6. The third-order valence-corrected chi connectivity index (χ3v) is 4.12. The number of methoxy groups -OCH3 is 1. The second-order valence-corrected chi connectivity index (χ2v) is 7.42. The van der Waals surface area contributed by atoms with Gasteiger partial charge in [0, 0.05) is 38.1 Å². The van der Waals surface area contributed by atoms with Gasteiger partial charge in [-0.05, 0) is 20.8 Å². The van der Waals surface area contributed by atoms with Crippen molar-refractivity contribution >= 4 is 17.7 Å². The molecule has 0 unspecified atom stereocenters. The number of esters is 1. The number of halogens is 1. The van der Waals surface area contributed by atoms with Crippen LogP contribution in [0.15, 0.2) is 12.1 Å². The Hall–Kier alpha value is -2.71. The molecule has 0 saturated carbocycles. The molecule has 1 aliphatic heterocycles. The van der Waals surface area contributed by atoms with Crippen LogP contribution in [0.3, 0.4) is 0 Å². The first kappa shape index (κ1) is 21.6. The zero-order valence-electron chi connectivity index (χ0n) is 16.6. The van der Waals surface area contributed by atoms with Gasteiger partial charge in [-0.15, -0.1) is 0 Å². The van der Waals surface area contributed by atoms with Crippen molar-refractivity contribution in [3.8, 4) is 11.5 Å². The number of benzene rings is 1. The first-order valence-electron chi connectivity index (χ1n) is 8.99. The molecule has 0 atom stereocenters. The van der Waals surface area contributed by atoms with Crippen LogP contribution in [0.25, 0.3) is 0 Å². The fourth-order valence-electron chi connectivity index (χ4n) is 2.79. The van der Waals surface area contributed by atoms with Crippen LogP contribution in [0.1, 0.15) is 44.0 Å². The molecule has 0 bridgehead atoms. The maximum Gasteiger partial charge on any atom is 0.410 e. The Kier molecular flexibility index (Phi) is 6.93. The molecule has 0 aliphatic carbocycles. The lowest BCUT2D eigenvalue weighted by Gasteiger charge is -2.33. The van der Waals surface area contributed by atoms with Crippen molar-refractivity contribution in [3.05, 3.63) is 17.7 Å². The Morgan fingerprint density at radius 2 is 1.86 bits per heavy atom. The van der Waals surface area contributed by atoms with Crippen molar-refractivity contribution in [2.75, 3.05) is 32.8 Å². The van der Waals surface area contributed by atoms with E-state index in [0.717, 1.165) is 0 Å². The SMILES string of the molecule is COC(=O)c1cc(OC2CCN(C(=O)OC(C)(C)C)CC2)c(OCF)cc1N. The standard InChI is InChI=1S/C19H27FN2O6/c1-19(2,3)28-18(24)22-7-5-12(6-8-22)27-16-9-13(17(23)25-4)14(21)10-15(16)26-11-20/h9-10,12H,5-8,11,21H2,1-4H3. The first-order valence-corrected chi connectivity index (χ1v) is 8.99. The Morgan fingerprint density at radius 1 is 1.21 bits per heavy atom. The quantitative estimate of drug-likeness (QED) is 0.601. The smallest absolute Gasteiger partial charge is 0.410 e. The highest BCUT2D eigenvalue weighted by Gasteiger charge is 2.28. The van der Waals surface area contributed by atoms with Crippen molar-refractivity contribution in [1.82, 2.24) is 4.90 Å². The zero-order valence-corrected chi connectivity index (χ0v) is 16.6. The molecule has 1 fully saturated rings. The maximum atomic E-state index is 12.7. The molecule has 0 aromatic heterocycles. The number of hydrogen-bond donors (Lipinski definition) is 1. The van der Waals surface area contributed by atoms with Gasteiger partial charge < -0.3 is 29.6 Å². The number of ether oxygens (including phenoxy) is 4. The number of nitrogens with two attached hydrogens (primary N) is 1. The average molecular weight is 398 g/mol. The highest BCUT2D eigenvalue weighted by molar-refractivity contribution is 5.96. The molecule has 1 amide bonds. The predicted octanol–water partition coefficient (Wildman–Crippen LogP) is 3.14. The monoisotopic (exact) mass is 398 g/mol. The van der Waals surface area contributed by atoms with Crippen LogP contribution in [0, 0.1) is 0 Å². The van der Waals surface area contributed by atoms with Crippen LogP contribution in [0.5, 0.6) is 11.5 Å². The second-order valence-electron chi connectivity index (χ2n) is 7.42. The Morgan fingerprint density at radius 3 is 2.39 bits per heavy atom. The third kappa shape index (κ3) is 5.64. The molecule has 8 nitrogen and oxygen atoms in total. The summed E-state index contributed by atoms with van der Waals surface area (Å²) in [5.74, 6) is -0.334. The largest absolute Gasteiger partial charge is 0.486 e. The lowest BCUT2D eigenvalue weighted by Crippen LogP contribution is -2.44. The van der Waals surface area contributed by atoms with Gasteiger partial charge in [-0.25, -0.2) is 14.0 Å². The van der Waals surface area contributed by atoms with Gasteiger partial charge >= 0.3 is 12.1 Å². The van der Waals surface area contributed by atoms with Crippen LogP contribution in [-0.4, -0.2) is 55.7 Å². The van der Waals surface area contributed by atoms with Gasteiger partial charge in [0.1, 0.15) is 11.7 Å². The first-order chi connectivity index (χ1) is 13.1. The van der Waals surface area contributed by atoms with Gasteiger partial charge in [-0.1, -0.05) is 0 Å². The summed E-state index contributed by atoms with van der Waals surface area (Å²) in [6.07, 6.45) is 0.487. The summed E-state index contributed by atoms with van der Waals surface area (Å²) >= 11 is 0. The third-order valence-electron chi connectivity index (χ3n) is 4.12. The van der Waals surface area contributed by atoms with E-state index in [1.807, 2.05) is 20.8 Å². The molecular formula is C19H27FN2O6. The van der Waals surface area contributed by atoms with Crippen LogP contribution in [0.2, 0.25) is 0 Å². The predicted molar refractivity (Wildman–Crippen MR) is 100 cm³/mol. The van der Waals surface area contributed by atoms with E-state index in [4.69, 9.17) is 24.7 Å². The molecule has 0 radical (unpaired) electrons. The number of likely N-dealkylation sites (tertiary alicyclic amines) is 1. The normalized spacial score (nSPS) is 15.1. The highest BCUT2D eigenvalue weighted by Crippen LogP contribution is 2.35. The fraction of sp³-hybridized carbons (Fsp3) is 0.579. The maximum absolute atomic E-state index is 12.7. The van der Waals surface area contributed by atoms with Crippen molar-refractivity contribution in [2.45, 2.75) is 45.3 Å². The minimum atomic E-state index is -1.07. The van der Waals surface area contributed by atoms with E-state index in [1.165, 1.54) is 19.2 Å². The van der Waals surface area contributed by atoms with E-state index in [0.29, 0.717) is 25.9 Å². The number of carbonyl (C=O) groups excluding carboxylic acids is 2. The Bertz CT molecular complexity index is 711. The molecule has 28 heavy (non-hydrogen) atoms. The highest BCUT2D eigenvalue weighted by atomic mass is 19.1. The zero-order chi connectivity index (χ0) is 20.9. The summed E-state index contributed by atoms with van der Waals surface area (Å²) in [6, 6.07) is 2.71. The van der Waals surface area contributed by atoms with E-state index in [-0.39, 0.29) is 34.9 Å².